The number of aryl methyl sites for hydroxylation is 2. The number of nitrogens with zero attached hydrogens (tertiary/aromatic N) is 2. The number of rotatable bonds is 6. The smallest absolute Gasteiger partial charge is 0.254 e. The molecular weight excluding hydrogens is 324 g/mol. The lowest BCUT2D eigenvalue weighted by atomic mass is 9.95. The van der Waals surface area contributed by atoms with Crippen molar-refractivity contribution in [3.8, 4) is 0 Å². The summed E-state index contributed by atoms with van der Waals surface area (Å²) >= 11 is 0. The van der Waals surface area contributed by atoms with Crippen LogP contribution in [0, 0.1) is 13.8 Å². The predicted octanol–water partition coefficient (Wildman–Crippen LogP) is 4.42. The Hall–Kier alpha value is -2.36. The Bertz CT molecular complexity index is 750. The average Bonchev–Trinajstić information content (AvgIpc) is 2.63. The summed E-state index contributed by atoms with van der Waals surface area (Å²) in [7, 11) is 0. The summed E-state index contributed by atoms with van der Waals surface area (Å²) in [5.41, 5.74) is 3.37. The van der Waals surface area contributed by atoms with Crippen LogP contribution in [0.25, 0.3) is 10.8 Å². The van der Waals surface area contributed by atoms with Gasteiger partial charge in [-0.2, -0.15) is 0 Å². The van der Waals surface area contributed by atoms with Crippen LogP contribution in [0.1, 0.15) is 59.5 Å². The van der Waals surface area contributed by atoms with Gasteiger partial charge in [-0.25, -0.2) is 0 Å². The minimum atomic E-state index is -0.0781. The Morgan fingerprint density at radius 2 is 0.962 bits per heavy atom. The molecule has 0 aliphatic rings. The van der Waals surface area contributed by atoms with Crippen molar-refractivity contribution in [1.82, 2.24) is 9.80 Å². The van der Waals surface area contributed by atoms with Crippen LogP contribution in [0.15, 0.2) is 24.3 Å². The highest BCUT2D eigenvalue weighted by atomic mass is 16.2. The molecular formula is C22H30N2O2. The van der Waals surface area contributed by atoms with Crippen molar-refractivity contribution in [2.45, 2.75) is 41.5 Å². The first kappa shape index (κ1) is 20.0. The lowest BCUT2D eigenvalue weighted by Gasteiger charge is -2.24. The summed E-state index contributed by atoms with van der Waals surface area (Å²) in [5, 5.41) is 2.00. The van der Waals surface area contributed by atoms with E-state index < -0.39 is 0 Å². The SMILES string of the molecule is CCN(CC)C(=O)c1cc2cc(C)c(C)cc2cc1C(=O)N(CC)CC. The minimum Gasteiger partial charge on any atom is -0.339 e. The number of benzene rings is 2. The van der Waals surface area contributed by atoms with Crippen LogP contribution in [0.3, 0.4) is 0 Å². The van der Waals surface area contributed by atoms with Crippen molar-refractivity contribution >= 4 is 22.6 Å². The fourth-order valence-corrected chi connectivity index (χ4v) is 3.29. The number of hydrogen-bond donors (Lipinski definition) is 0. The average molecular weight is 354 g/mol. The summed E-state index contributed by atoms with van der Waals surface area (Å²) in [4.78, 5) is 29.7. The van der Waals surface area contributed by atoms with Crippen molar-refractivity contribution in [2.75, 3.05) is 26.2 Å². The molecule has 0 heterocycles. The molecule has 0 atom stereocenters. The molecule has 2 aromatic carbocycles. The molecule has 4 nitrogen and oxygen atoms in total. The van der Waals surface area contributed by atoms with Crippen LogP contribution in [-0.2, 0) is 0 Å². The second-order valence-corrected chi connectivity index (χ2v) is 6.64. The van der Waals surface area contributed by atoms with E-state index >= 15 is 0 Å². The van der Waals surface area contributed by atoms with Gasteiger partial charge in [-0.1, -0.05) is 12.1 Å². The summed E-state index contributed by atoms with van der Waals surface area (Å²) in [5.74, 6) is -0.156. The van der Waals surface area contributed by atoms with Gasteiger partial charge in [0.2, 0.25) is 0 Å². The van der Waals surface area contributed by atoms with Gasteiger partial charge in [0.25, 0.3) is 11.8 Å². The maximum atomic E-state index is 13.1. The van der Waals surface area contributed by atoms with Gasteiger partial charge >= 0.3 is 0 Å². The van der Waals surface area contributed by atoms with Gasteiger partial charge in [0, 0.05) is 26.2 Å². The standard InChI is InChI=1S/C22H30N2O2/c1-7-23(8-2)21(25)19-13-17-11-15(5)16(6)12-18(17)14-20(19)22(26)24(9-3)10-4/h11-14H,7-10H2,1-6H3. The zero-order chi connectivity index (χ0) is 19.4. The first-order chi connectivity index (χ1) is 12.4. The monoisotopic (exact) mass is 354 g/mol. The number of amides is 2. The molecule has 0 aliphatic carbocycles. The Morgan fingerprint density at radius 3 is 1.23 bits per heavy atom. The van der Waals surface area contributed by atoms with E-state index in [1.54, 1.807) is 9.80 Å². The van der Waals surface area contributed by atoms with Crippen molar-refractivity contribution in [1.29, 1.82) is 0 Å². The molecule has 0 radical (unpaired) electrons. The van der Waals surface area contributed by atoms with Crippen molar-refractivity contribution in [3.63, 3.8) is 0 Å². The largest absolute Gasteiger partial charge is 0.339 e. The molecule has 0 saturated carbocycles. The lowest BCUT2D eigenvalue weighted by Crippen LogP contribution is -2.35. The predicted molar refractivity (Wildman–Crippen MR) is 108 cm³/mol. The Balaban J connectivity index is 2.72. The van der Waals surface area contributed by atoms with Gasteiger partial charge in [0.15, 0.2) is 0 Å². The van der Waals surface area contributed by atoms with Gasteiger partial charge in [0.1, 0.15) is 0 Å². The van der Waals surface area contributed by atoms with E-state index in [2.05, 4.69) is 26.0 Å². The molecule has 26 heavy (non-hydrogen) atoms. The maximum Gasteiger partial charge on any atom is 0.254 e. The van der Waals surface area contributed by atoms with Gasteiger partial charge in [0.05, 0.1) is 11.1 Å². The molecule has 2 aromatic rings. The Labute approximate surface area is 156 Å². The second kappa shape index (κ2) is 8.35. The van der Waals surface area contributed by atoms with Crippen LogP contribution in [0.4, 0.5) is 0 Å². The van der Waals surface area contributed by atoms with Gasteiger partial charge in [-0.15, -0.1) is 0 Å². The minimum absolute atomic E-state index is 0.0781. The Morgan fingerprint density at radius 1 is 0.654 bits per heavy atom. The number of fused-ring (bicyclic) bond motifs is 1. The molecule has 0 bridgehead atoms. The molecule has 0 saturated heterocycles. The second-order valence-electron chi connectivity index (χ2n) is 6.64. The number of hydrogen-bond acceptors (Lipinski definition) is 2. The molecule has 2 rings (SSSR count). The quantitative estimate of drug-likeness (QED) is 0.770. The van der Waals surface area contributed by atoms with Crippen LogP contribution < -0.4 is 0 Å². The third-order valence-electron chi connectivity index (χ3n) is 5.15. The molecule has 0 spiro atoms. The maximum absolute atomic E-state index is 13.1. The zero-order valence-corrected chi connectivity index (χ0v) is 16.8. The number of carbonyl (C=O) groups is 2. The molecule has 0 fully saturated rings. The van der Waals surface area contributed by atoms with Gasteiger partial charge in [-0.3, -0.25) is 9.59 Å². The molecule has 4 heteroatoms. The molecule has 0 aromatic heterocycles. The molecule has 0 aliphatic heterocycles. The van der Waals surface area contributed by atoms with Crippen LogP contribution in [0.5, 0.6) is 0 Å². The normalized spacial score (nSPS) is 10.8. The Kier molecular flexibility index (Phi) is 6.41. The van der Waals surface area contributed by atoms with E-state index in [0.29, 0.717) is 37.3 Å². The van der Waals surface area contributed by atoms with Gasteiger partial charge in [-0.05, 0) is 75.6 Å². The van der Waals surface area contributed by atoms with Crippen molar-refractivity contribution < 1.29 is 9.59 Å². The third-order valence-corrected chi connectivity index (χ3v) is 5.15. The lowest BCUT2D eigenvalue weighted by molar-refractivity contribution is 0.0734. The molecule has 0 N–H and O–H groups in total. The van der Waals surface area contributed by atoms with E-state index in [1.807, 2.05) is 39.8 Å². The highest BCUT2D eigenvalue weighted by Crippen LogP contribution is 2.26. The zero-order valence-electron chi connectivity index (χ0n) is 16.8. The van der Waals surface area contributed by atoms with E-state index in [-0.39, 0.29) is 11.8 Å². The molecule has 140 valence electrons. The van der Waals surface area contributed by atoms with Crippen LogP contribution in [0.2, 0.25) is 0 Å². The van der Waals surface area contributed by atoms with Gasteiger partial charge < -0.3 is 9.80 Å². The summed E-state index contributed by atoms with van der Waals surface area (Å²) < 4.78 is 0. The summed E-state index contributed by atoms with van der Waals surface area (Å²) in [6.45, 7) is 14.5. The van der Waals surface area contributed by atoms with E-state index in [4.69, 9.17) is 0 Å². The topological polar surface area (TPSA) is 40.6 Å². The highest BCUT2D eigenvalue weighted by Gasteiger charge is 2.24. The van der Waals surface area contributed by atoms with E-state index in [9.17, 15) is 9.59 Å². The van der Waals surface area contributed by atoms with Crippen molar-refractivity contribution in [3.05, 3.63) is 46.5 Å². The highest BCUT2D eigenvalue weighted by molar-refractivity contribution is 6.10. The first-order valence-corrected chi connectivity index (χ1v) is 9.51. The number of carbonyl (C=O) groups excluding carboxylic acids is 2. The fraction of sp³-hybridized carbons (Fsp3) is 0.455. The summed E-state index contributed by atoms with van der Waals surface area (Å²) in [6, 6.07) is 7.96. The fourth-order valence-electron chi connectivity index (χ4n) is 3.29. The summed E-state index contributed by atoms with van der Waals surface area (Å²) in [6.07, 6.45) is 0. The molecule has 2 amide bonds. The van der Waals surface area contributed by atoms with Crippen LogP contribution >= 0.6 is 0 Å². The van der Waals surface area contributed by atoms with Crippen molar-refractivity contribution in [2.24, 2.45) is 0 Å². The first-order valence-electron chi connectivity index (χ1n) is 9.51. The van der Waals surface area contributed by atoms with E-state index in [0.717, 1.165) is 10.8 Å². The van der Waals surface area contributed by atoms with E-state index in [1.165, 1.54) is 11.1 Å². The van der Waals surface area contributed by atoms with Crippen LogP contribution in [-0.4, -0.2) is 47.8 Å². The third kappa shape index (κ3) is 3.74. The molecule has 0 unspecified atom stereocenters.